The molecule has 0 atom stereocenters. The molecular weight excluding hydrogens is 320 g/mol. The van der Waals surface area contributed by atoms with Gasteiger partial charge in [0.25, 0.3) is 0 Å². The molecule has 1 fully saturated rings. The summed E-state index contributed by atoms with van der Waals surface area (Å²) < 4.78 is 0. The second kappa shape index (κ2) is 7.15. The number of H-pyrrole nitrogens is 1. The van der Waals surface area contributed by atoms with Crippen LogP contribution in [0.15, 0.2) is 29.4 Å². The van der Waals surface area contributed by atoms with Crippen molar-refractivity contribution in [3.63, 3.8) is 0 Å². The van der Waals surface area contributed by atoms with Gasteiger partial charge in [0.1, 0.15) is 0 Å². The zero-order valence-corrected chi connectivity index (χ0v) is 13.6. The van der Waals surface area contributed by atoms with Crippen LogP contribution in [0.2, 0.25) is 5.02 Å². The van der Waals surface area contributed by atoms with E-state index in [4.69, 9.17) is 11.6 Å². The first-order valence-corrected chi connectivity index (χ1v) is 8.67. The van der Waals surface area contributed by atoms with Crippen molar-refractivity contribution < 1.29 is 4.79 Å². The fourth-order valence-electron chi connectivity index (χ4n) is 2.52. The van der Waals surface area contributed by atoms with Crippen molar-refractivity contribution in [2.45, 2.75) is 36.9 Å². The van der Waals surface area contributed by atoms with E-state index < -0.39 is 0 Å². The summed E-state index contributed by atoms with van der Waals surface area (Å²) in [5, 5.41) is 11.3. The number of carbonyl (C=O) groups is 1. The van der Waals surface area contributed by atoms with E-state index in [-0.39, 0.29) is 5.91 Å². The van der Waals surface area contributed by atoms with E-state index in [1.54, 1.807) is 12.1 Å². The maximum atomic E-state index is 11.9. The van der Waals surface area contributed by atoms with Gasteiger partial charge in [-0.05, 0) is 37.1 Å². The zero-order valence-electron chi connectivity index (χ0n) is 12.0. The van der Waals surface area contributed by atoms with Crippen LogP contribution in [0, 0.1) is 0 Å². The Bertz CT molecular complexity index is 637. The van der Waals surface area contributed by atoms with Crippen LogP contribution in [0.3, 0.4) is 0 Å². The van der Waals surface area contributed by atoms with Crippen LogP contribution >= 0.6 is 23.4 Å². The molecule has 0 saturated heterocycles. The minimum atomic E-state index is 0.0507. The molecule has 1 aromatic heterocycles. The number of amides is 1. The van der Waals surface area contributed by atoms with Crippen LogP contribution in [0.4, 0.5) is 0 Å². The molecule has 1 aliphatic carbocycles. The number of aromatic nitrogens is 3. The highest BCUT2D eigenvalue weighted by molar-refractivity contribution is 7.99. The van der Waals surface area contributed by atoms with E-state index in [2.05, 4.69) is 20.5 Å². The van der Waals surface area contributed by atoms with Gasteiger partial charge in [-0.25, -0.2) is 4.98 Å². The van der Waals surface area contributed by atoms with Gasteiger partial charge in [0.05, 0.1) is 5.75 Å². The molecule has 7 heteroatoms. The lowest BCUT2D eigenvalue weighted by molar-refractivity contribution is -0.119. The minimum absolute atomic E-state index is 0.0507. The van der Waals surface area contributed by atoms with Crippen molar-refractivity contribution in [3.8, 4) is 11.4 Å². The first-order valence-electron chi connectivity index (χ1n) is 7.31. The van der Waals surface area contributed by atoms with Crippen LogP contribution in [-0.4, -0.2) is 32.9 Å². The molecule has 116 valence electrons. The lowest BCUT2D eigenvalue weighted by Crippen LogP contribution is -2.33. The molecule has 5 nitrogen and oxygen atoms in total. The van der Waals surface area contributed by atoms with E-state index in [1.807, 2.05) is 12.1 Å². The lowest BCUT2D eigenvalue weighted by atomic mass is 10.2. The number of benzene rings is 1. The molecule has 1 amide bonds. The summed E-state index contributed by atoms with van der Waals surface area (Å²) in [5.41, 5.74) is 0.916. The Kier molecular flexibility index (Phi) is 5.00. The Hall–Kier alpha value is -1.53. The molecule has 0 radical (unpaired) electrons. The number of carbonyl (C=O) groups excluding carboxylic acids is 1. The van der Waals surface area contributed by atoms with E-state index in [0.717, 1.165) is 18.4 Å². The fraction of sp³-hybridized carbons (Fsp3) is 0.400. The van der Waals surface area contributed by atoms with E-state index in [0.29, 0.717) is 27.8 Å². The van der Waals surface area contributed by atoms with Crippen LogP contribution < -0.4 is 5.32 Å². The molecule has 2 N–H and O–H groups in total. The van der Waals surface area contributed by atoms with Gasteiger partial charge in [0.2, 0.25) is 11.1 Å². The summed E-state index contributed by atoms with van der Waals surface area (Å²) in [7, 11) is 0. The molecular formula is C15H17ClN4OS. The fourth-order valence-corrected chi connectivity index (χ4v) is 3.25. The summed E-state index contributed by atoms with van der Waals surface area (Å²) in [5.74, 6) is 1.07. The van der Waals surface area contributed by atoms with Gasteiger partial charge in [-0.1, -0.05) is 36.2 Å². The monoisotopic (exact) mass is 336 g/mol. The Morgan fingerprint density at radius 2 is 2.05 bits per heavy atom. The number of thioether (sulfide) groups is 1. The maximum Gasteiger partial charge on any atom is 0.230 e. The maximum absolute atomic E-state index is 11.9. The smallest absolute Gasteiger partial charge is 0.230 e. The van der Waals surface area contributed by atoms with Gasteiger partial charge in [-0.15, -0.1) is 5.10 Å². The average Bonchev–Trinajstić information content (AvgIpc) is 3.17. The molecule has 3 rings (SSSR count). The zero-order chi connectivity index (χ0) is 15.4. The molecule has 1 heterocycles. The highest BCUT2D eigenvalue weighted by atomic mass is 35.5. The predicted molar refractivity (Wildman–Crippen MR) is 88.0 cm³/mol. The normalized spacial score (nSPS) is 15.1. The van der Waals surface area contributed by atoms with Crippen molar-refractivity contribution >= 4 is 29.3 Å². The van der Waals surface area contributed by atoms with Crippen LogP contribution in [0.5, 0.6) is 0 Å². The molecule has 0 unspecified atom stereocenters. The van der Waals surface area contributed by atoms with E-state index >= 15 is 0 Å². The second-order valence-electron chi connectivity index (χ2n) is 5.31. The summed E-state index contributed by atoms with van der Waals surface area (Å²) in [4.78, 5) is 16.3. The molecule has 22 heavy (non-hydrogen) atoms. The van der Waals surface area contributed by atoms with E-state index in [9.17, 15) is 4.79 Å². The topological polar surface area (TPSA) is 70.7 Å². The summed E-state index contributed by atoms with van der Waals surface area (Å²) in [6, 6.07) is 7.72. The van der Waals surface area contributed by atoms with Gasteiger partial charge in [0.15, 0.2) is 5.82 Å². The van der Waals surface area contributed by atoms with Crippen molar-refractivity contribution in [2.75, 3.05) is 5.75 Å². The quantitative estimate of drug-likeness (QED) is 0.822. The third kappa shape index (κ3) is 4.01. The number of hydrogen-bond acceptors (Lipinski definition) is 4. The molecule has 2 aromatic rings. The Morgan fingerprint density at radius 1 is 1.32 bits per heavy atom. The number of rotatable bonds is 5. The number of hydrogen-bond donors (Lipinski definition) is 2. The summed E-state index contributed by atoms with van der Waals surface area (Å²) in [6.45, 7) is 0. The van der Waals surface area contributed by atoms with Crippen molar-refractivity contribution in [1.82, 2.24) is 20.5 Å². The molecule has 1 aromatic carbocycles. The number of halogens is 1. The van der Waals surface area contributed by atoms with Gasteiger partial charge in [0, 0.05) is 16.6 Å². The Labute approximate surface area is 138 Å². The first kappa shape index (κ1) is 15.4. The average molecular weight is 337 g/mol. The molecule has 0 bridgehead atoms. The van der Waals surface area contributed by atoms with Gasteiger partial charge in [-0.3, -0.25) is 9.89 Å². The molecule has 1 aliphatic rings. The highest BCUT2D eigenvalue weighted by Gasteiger charge is 2.17. The molecule has 0 aliphatic heterocycles. The standard InChI is InChI=1S/C15H17ClN4OS/c16-11-7-5-10(6-8-11)14-18-15(20-19-14)22-9-13(21)17-12-3-1-2-4-12/h5-8,12H,1-4,9H2,(H,17,21)(H,18,19,20). The Morgan fingerprint density at radius 3 is 2.77 bits per heavy atom. The first-order chi connectivity index (χ1) is 10.7. The molecule has 1 saturated carbocycles. The van der Waals surface area contributed by atoms with Crippen molar-refractivity contribution in [1.29, 1.82) is 0 Å². The summed E-state index contributed by atoms with van der Waals surface area (Å²) >= 11 is 7.20. The third-order valence-electron chi connectivity index (χ3n) is 3.64. The van der Waals surface area contributed by atoms with Crippen molar-refractivity contribution in [3.05, 3.63) is 29.3 Å². The largest absolute Gasteiger partial charge is 0.353 e. The van der Waals surface area contributed by atoms with E-state index in [1.165, 1.54) is 24.6 Å². The van der Waals surface area contributed by atoms with Gasteiger partial charge >= 0.3 is 0 Å². The van der Waals surface area contributed by atoms with Crippen LogP contribution in [-0.2, 0) is 4.79 Å². The third-order valence-corrected chi connectivity index (χ3v) is 4.73. The van der Waals surface area contributed by atoms with Gasteiger partial charge in [-0.2, -0.15) is 0 Å². The van der Waals surface area contributed by atoms with Gasteiger partial charge < -0.3 is 5.32 Å². The number of nitrogens with one attached hydrogen (secondary N) is 2. The summed E-state index contributed by atoms with van der Waals surface area (Å²) in [6.07, 6.45) is 4.61. The number of nitrogens with zero attached hydrogens (tertiary/aromatic N) is 2. The SMILES string of the molecule is O=C(CSc1n[nH]c(-c2ccc(Cl)cc2)n1)NC1CCCC1. The molecule has 0 spiro atoms. The van der Waals surface area contributed by atoms with Crippen LogP contribution in [0.1, 0.15) is 25.7 Å². The number of aromatic amines is 1. The Balaban J connectivity index is 1.53. The minimum Gasteiger partial charge on any atom is -0.353 e. The lowest BCUT2D eigenvalue weighted by Gasteiger charge is -2.10. The predicted octanol–water partition coefficient (Wildman–Crippen LogP) is 3.28. The van der Waals surface area contributed by atoms with Crippen molar-refractivity contribution in [2.24, 2.45) is 0 Å². The second-order valence-corrected chi connectivity index (χ2v) is 6.69. The highest BCUT2D eigenvalue weighted by Crippen LogP contribution is 2.21. The van der Waals surface area contributed by atoms with Crippen LogP contribution in [0.25, 0.3) is 11.4 Å².